The summed E-state index contributed by atoms with van der Waals surface area (Å²) in [5, 5.41) is 33.2. The van der Waals surface area contributed by atoms with Crippen molar-refractivity contribution in [2.24, 2.45) is 11.8 Å². The molecule has 1 heterocycles. The highest BCUT2D eigenvalue weighted by molar-refractivity contribution is 6.38. The first-order valence-electron chi connectivity index (χ1n) is 18.4. The Morgan fingerprint density at radius 1 is 0.727 bits per heavy atom. The minimum Gasteiger partial charge on any atom is -0.481 e. The van der Waals surface area contributed by atoms with Gasteiger partial charge in [-0.15, -0.1) is 6.58 Å². The van der Waals surface area contributed by atoms with Crippen molar-refractivity contribution in [3.05, 3.63) is 12.7 Å². The molecule has 0 radical (unpaired) electrons. The van der Waals surface area contributed by atoms with Gasteiger partial charge in [-0.25, -0.2) is 0 Å². The molecule has 19 heteroatoms. The number of carboxylic acid groups (broad SMARTS) is 2. The molecule has 0 saturated carbocycles. The predicted molar refractivity (Wildman–Crippen MR) is 197 cm³/mol. The lowest BCUT2D eigenvalue weighted by Gasteiger charge is -2.33. The van der Waals surface area contributed by atoms with Gasteiger partial charge in [0.1, 0.15) is 30.2 Å². The number of aliphatic carboxylic acids is 2. The van der Waals surface area contributed by atoms with E-state index in [2.05, 4.69) is 38.5 Å². The summed E-state index contributed by atoms with van der Waals surface area (Å²) in [6, 6.07) is -7.46. The van der Waals surface area contributed by atoms with E-state index in [0.29, 0.717) is 12.8 Å². The van der Waals surface area contributed by atoms with Crippen molar-refractivity contribution in [2.75, 3.05) is 13.1 Å². The van der Waals surface area contributed by atoms with E-state index in [0.717, 1.165) is 6.92 Å². The second-order valence-corrected chi connectivity index (χ2v) is 14.0. The number of carboxylic acids is 2. The maximum Gasteiger partial charge on any atom is 0.303 e. The molecule has 8 N–H and O–H groups in total. The summed E-state index contributed by atoms with van der Waals surface area (Å²) in [5.74, 6) is -9.88. The fourth-order valence-corrected chi connectivity index (χ4v) is 5.85. The molecular formula is C36H57N7O12. The molecule has 308 valence electrons. The molecule has 1 fully saturated rings. The Morgan fingerprint density at radius 3 is 1.75 bits per heavy atom. The maximum atomic E-state index is 14.0. The predicted octanol–water partition coefficient (Wildman–Crippen LogP) is -0.866. The van der Waals surface area contributed by atoms with Crippen LogP contribution < -0.4 is 31.9 Å². The average molecular weight is 780 g/mol. The SMILES string of the molecule is C=CCNC(=O)C(=O)C(CCC)NC(=O)C1CCCN1C(=O)C(NC(=O)C(NC(=O)C(CCC(=O)O)NC(=O)C(CCC(=O)O)NC(C)=O)C(C)C)C(C)C. The van der Waals surface area contributed by atoms with E-state index in [9.17, 15) is 53.1 Å². The highest BCUT2D eigenvalue weighted by Gasteiger charge is 2.41. The summed E-state index contributed by atoms with van der Waals surface area (Å²) in [6.45, 7) is 13.2. The van der Waals surface area contributed by atoms with Crippen LogP contribution in [0.15, 0.2) is 12.7 Å². The van der Waals surface area contributed by atoms with Crippen molar-refractivity contribution >= 4 is 59.1 Å². The van der Waals surface area contributed by atoms with Crippen LogP contribution in [-0.2, 0) is 47.9 Å². The summed E-state index contributed by atoms with van der Waals surface area (Å²) in [7, 11) is 0. The van der Waals surface area contributed by atoms with E-state index in [4.69, 9.17) is 5.11 Å². The fourth-order valence-electron chi connectivity index (χ4n) is 5.85. The molecule has 7 amide bonds. The van der Waals surface area contributed by atoms with E-state index in [1.165, 1.54) is 11.0 Å². The van der Waals surface area contributed by atoms with Crippen LogP contribution in [-0.4, -0.2) is 124 Å². The number of nitrogens with one attached hydrogen (secondary N) is 6. The standard InChI is InChI=1S/C36H57N7O12/c1-8-11-22(30(49)35(54)37-17-9-2)39-33(52)25-12-10-18-43(25)36(55)29(20(5)6)42-34(53)28(19(3)4)41-32(51)24(14-16-27(47)48)40-31(50)23(38-21(7)44)13-15-26(45)46/h9,19-20,22-25,28-29H,2,8,10-18H2,1,3-7H3,(H,37,54)(H,38,44)(H,39,52)(H,40,50)(H,41,51)(H,42,53)(H,45,46)(H,47,48). The number of ketones is 1. The Hall–Kier alpha value is -5.36. The highest BCUT2D eigenvalue weighted by atomic mass is 16.4. The molecule has 6 atom stereocenters. The molecular weight excluding hydrogens is 722 g/mol. The van der Waals surface area contributed by atoms with E-state index >= 15 is 0 Å². The molecule has 1 aliphatic rings. The first-order valence-corrected chi connectivity index (χ1v) is 18.4. The lowest BCUT2D eigenvalue weighted by molar-refractivity contribution is -0.144. The molecule has 0 aliphatic carbocycles. The molecule has 1 rings (SSSR count). The van der Waals surface area contributed by atoms with Gasteiger partial charge in [0.25, 0.3) is 5.91 Å². The third kappa shape index (κ3) is 15.9. The smallest absolute Gasteiger partial charge is 0.303 e. The molecule has 0 aromatic carbocycles. The topological polar surface area (TPSA) is 287 Å². The van der Waals surface area contributed by atoms with Gasteiger partial charge < -0.3 is 47.0 Å². The minimum atomic E-state index is -1.51. The van der Waals surface area contributed by atoms with Gasteiger partial charge in [-0.2, -0.15) is 0 Å². The van der Waals surface area contributed by atoms with Gasteiger partial charge >= 0.3 is 11.9 Å². The molecule has 0 bridgehead atoms. The van der Waals surface area contributed by atoms with Gasteiger partial charge in [-0.3, -0.25) is 47.9 Å². The highest BCUT2D eigenvalue weighted by Crippen LogP contribution is 2.21. The van der Waals surface area contributed by atoms with Gasteiger partial charge in [-0.1, -0.05) is 47.1 Å². The van der Waals surface area contributed by atoms with E-state index < -0.39 is 126 Å². The Balaban J connectivity index is 3.22. The van der Waals surface area contributed by atoms with Gasteiger partial charge in [0.2, 0.25) is 41.2 Å². The van der Waals surface area contributed by atoms with Gasteiger partial charge in [0.15, 0.2) is 0 Å². The quantitative estimate of drug-likeness (QED) is 0.0439. The van der Waals surface area contributed by atoms with Crippen molar-refractivity contribution in [2.45, 2.75) is 129 Å². The lowest BCUT2D eigenvalue weighted by Crippen LogP contribution is -2.61. The maximum absolute atomic E-state index is 14.0. The van der Waals surface area contributed by atoms with Crippen LogP contribution in [0.2, 0.25) is 0 Å². The van der Waals surface area contributed by atoms with Crippen molar-refractivity contribution in [1.29, 1.82) is 0 Å². The Morgan fingerprint density at radius 2 is 1.25 bits per heavy atom. The zero-order valence-electron chi connectivity index (χ0n) is 32.4. The van der Waals surface area contributed by atoms with Crippen LogP contribution in [0.1, 0.15) is 92.9 Å². The fraction of sp³-hybridized carbons (Fsp3) is 0.667. The third-order valence-corrected chi connectivity index (χ3v) is 8.78. The summed E-state index contributed by atoms with van der Waals surface area (Å²) in [4.78, 5) is 128. The van der Waals surface area contributed by atoms with E-state index in [1.807, 2.05) is 0 Å². The second kappa shape index (κ2) is 23.4. The number of carbonyl (C=O) groups is 10. The van der Waals surface area contributed by atoms with Crippen LogP contribution in [0.3, 0.4) is 0 Å². The molecule has 19 nitrogen and oxygen atoms in total. The summed E-state index contributed by atoms with van der Waals surface area (Å²) >= 11 is 0. The van der Waals surface area contributed by atoms with Crippen LogP contribution in [0.25, 0.3) is 0 Å². The normalized spacial score (nSPS) is 16.4. The molecule has 0 spiro atoms. The zero-order chi connectivity index (χ0) is 42.0. The molecule has 6 unspecified atom stereocenters. The number of amides is 7. The number of nitrogens with zero attached hydrogens (tertiary/aromatic N) is 1. The van der Waals surface area contributed by atoms with Crippen molar-refractivity contribution in [1.82, 2.24) is 36.8 Å². The van der Waals surface area contributed by atoms with E-state index in [1.54, 1.807) is 34.6 Å². The number of carbonyl (C=O) groups excluding carboxylic acids is 8. The van der Waals surface area contributed by atoms with E-state index in [-0.39, 0.29) is 32.4 Å². The van der Waals surface area contributed by atoms with Gasteiger partial charge in [-0.05, 0) is 43.9 Å². The number of Topliss-reactive ketones (excluding diaryl/α,β-unsaturated/α-hetero) is 1. The number of hydrogen-bond acceptors (Lipinski definition) is 10. The molecule has 55 heavy (non-hydrogen) atoms. The third-order valence-electron chi connectivity index (χ3n) is 8.78. The molecule has 1 aliphatic heterocycles. The zero-order valence-corrected chi connectivity index (χ0v) is 32.4. The Bertz CT molecular complexity index is 1450. The van der Waals surface area contributed by atoms with Crippen molar-refractivity contribution in [3.63, 3.8) is 0 Å². The Kier molecular flexibility index (Phi) is 20.3. The summed E-state index contributed by atoms with van der Waals surface area (Å²) < 4.78 is 0. The summed E-state index contributed by atoms with van der Waals surface area (Å²) in [6.07, 6.45) is 0.975. The van der Waals surface area contributed by atoms with Crippen molar-refractivity contribution < 1.29 is 58.2 Å². The average Bonchev–Trinajstić information content (AvgIpc) is 3.60. The summed E-state index contributed by atoms with van der Waals surface area (Å²) in [5.41, 5.74) is 0. The lowest BCUT2D eigenvalue weighted by atomic mass is 9.98. The monoisotopic (exact) mass is 779 g/mol. The first kappa shape index (κ1) is 47.7. The van der Waals surface area contributed by atoms with Crippen LogP contribution in [0.4, 0.5) is 0 Å². The first-order chi connectivity index (χ1) is 25.7. The molecule has 0 aromatic heterocycles. The van der Waals surface area contributed by atoms with Crippen LogP contribution >= 0.6 is 0 Å². The largest absolute Gasteiger partial charge is 0.481 e. The number of rotatable bonds is 24. The number of likely N-dealkylation sites (tertiary alicyclic amines) is 1. The van der Waals surface area contributed by atoms with Gasteiger partial charge in [0.05, 0.1) is 6.04 Å². The van der Waals surface area contributed by atoms with Crippen molar-refractivity contribution in [3.8, 4) is 0 Å². The number of hydrogen-bond donors (Lipinski definition) is 8. The second-order valence-electron chi connectivity index (χ2n) is 14.0. The molecule has 0 aromatic rings. The van der Waals surface area contributed by atoms with Crippen LogP contribution in [0.5, 0.6) is 0 Å². The van der Waals surface area contributed by atoms with Crippen LogP contribution in [0, 0.1) is 11.8 Å². The molecule has 1 saturated heterocycles. The van der Waals surface area contributed by atoms with Gasteiger partial charge in [0, 0.05) is 32.9 Å². The minimum absolute atomic E-state index is 0.0599. The Labute approximate surface area is 320 Å².